The van der Waals surface area contributed by atoms with Crippen molar-refractivity contribution in [2.75, 3.05) is 0 Å². The minimum atomic E-state index is -4.71. The Hall–Kier alpha value is -3.99. The molecule has 0 fully saturated rings. The highest BCUT2D eigenvalue weighted by Gasteiger charge is 2.40. The number of benzene rings is 2. The van der Waals surface area contributed by atoms with Crippen LogP contribution in [0.2, 0.25) is 0 Å². The topological polar surface area (TPSA) is 186 Å². The summed E-state index contributed by atoms with van der Waals surface area (Å²) in [7, 11) is -4.71. The highest BCUT2D eigenvalue weighted by Crippen LogP contribution is 2.49. The molecule has 13 heteroatoms. The Morgan fingerprint density at radius 1 is 1.00 bits per heavy atom. The fraction of sp³-hybridized carbons (Fsp3) is 0.357. The van der Waals surface area contributed by atoms with Crippen LogP contribution in [0.25, 0.3) is 0 Å². The number of ether oxygens (including phenoxy) is 1. The van der Waals surface area contributed by atoms with Crippen LogP contribution in [-0.2, 0) is 42.9 Å². The van der Waals surface area contributed by atoms with E-state index >= 15 is 0 Å². The Kier molecular flexibility index (Phi) is 11.6. The van der Waals surface area contributed by atoms with E-state index in [1.807, 2.05) is 19.9 Å². The molecule has 0 radical (unpaired) electrons. The van der Waals surface area contributed by atoms with Gasteiger partial charge >= 0.3 is 13.7 Å². The summed E-state index contributed by atoms with van der Waals surface area (Å²) < 4.78 is 24.5. The predicted octanol–water partition coefficient (Wildman–Crippen LogP) is 3.03. The van der Waals surface area contributed by atoms with Gasteiger partial charge in [-0.15, -0.1) is 0 Å². The number of amides is 3. The molecule has 3 rings (SSSR count). The van der Waals surface area contributed by atoms with Gasteiger partial charge in [0.05, 0.1) is 6.33 Å². The lowest BCUT2D eigenvalue weighted by Gasteiger charge is -2.28. The van der Waals surface area contributed by atoms with Crippen molar-refractivity contribution in [2.45, 2.75) is 57.6 Å². The Morgan fingerprint density at radius 2 is 1.63 bits per heavy atom. The lowest BCUT2D eigenvalue weighted by molar-refractivity contribution is -0.133. The quantitative estimate of drug-likeness (QED) is 0.168. The number of H-pyrrole nitrogens is 1. The van der Waals surface area contributed by atoms with Crippen LogP contribution >= 0.6 is 7.60 Å². The summed E-state index contributed by atoms with van der Waals surface area (Å²) in [5.41, 5.74) is 7.44. The molecular weight excluding hydrogens is 549 g/mol. The lowest BCUT2D eigenvalue weighted by atomic mass is 10.0. The second-order valence-corrected chi connectivity index (χ2v) is 11.9. The average molecular weight is 586 g/mol. The van der Waals surface area contributed by atoms with Crippen LogP contribution in [-0.4, -0.2) is 50.7 Å². The smallest absolute Gasteiger partial charge is 0.408 e. The highest BCUT2D eigenvalue weighted by atomic mass is 31.2. The second kappa shape index (κ2) is 15.1. The number of carbonyl (C=O) groups is 3. The number of rotatable bonds is 15. The van der Waals surface area contributed by atoms with Crippen molar-refractivity contribution in [1.29, 1.82) is 0 Å². The first kappa shape index (κ1) is 31.5. The Balaban J connectivity index is 1.77. The maximum atomic E-state index is 13.7. The van der Waals surface area contributed by atoms with Gasteiger partial charge in [0.1, 0.15) is 24.5 Å². The van der Waals surface area contributed by atoms with E-state index in [1.54, 1.807) is 54.6 Å². The number of hydrogen-bond acceptors (Lipinski definition) is 7. The minimum Gasteiger partial charge on any atom is -0.445 e. The molecule has 1 unspecified atom stereocenters. The SMILES string of the molecule is CC(C)C[C@H](OP(=O)(O)[C@H](Cc1ccccc1)NC(=O)OCc1ccccc1)C(=O)N[C@@H](Cc1cnc[nH]1)C(N)=O. The van der Waals surface area contributed by atoms with Gasteiger partial charge in [-0.2, -0.15) is 0 Å². The second-order valence-electron chi connectivity index (χ2n) is 9.94. The van der Waals surface area contributed by atoms with E-state index in [0.717, 1.165) is 5.56 Å². The van der Waals surface area contributed by atoms with Gasteiger partial charge in [-0.05, 0) is 23.5 Å². The highest BCUT2D eigenvalue weighted by molar-refractivity contribution is 7.53. The van der Waals surface area contributed by atoms with Crippen LogP contribution in [0.1, 0.15) is 37.1 Å². The first-order valence-corrected chi connectivity index (χ1v) is 14.8. The summed E-state index contributed by atoms with van der Waals surface area (Å²) in [6.45, 7) is 3.57. The van der Waals surface area contributed by atoms with Gasteiger partial charge in [0.25, 0.3) is 0 Å². The van der Waals surface area contributed by atoms with Gasteiger partial charge in [-0.1, -0.05) is 74.5 Å². The number of nitrogens with zero attached hydrogens (tertiary/aromatic N) is 1. The summed E-state index contributed by atoms with van der Waals surface area (Å²) in [5.74, 6) is -3.15. The van der Waals surface area contributed by atoms with Gasteiger partial charge in [-0.3, -0.25) is 18.7 Å². The standard InChI is InChI=1S/C28H36N5O7P/c1-19(2)13-24(27(35)32-23(26(29)34)15-22-16-30-18-31-22)40-41(37,38)25(14-20-9-5-3-6-10-20)33-28(36)39-17-21-11-7-4-8-12-21/h3-12,16,18-19,23-25H,13-15,17H2,1-2H3,(H2,29,34)(H,30,31)(H,32,35)(H,33,36)(H,37,38)/t23-,24-,25+/m0/s1. The number of nitrogens with one attached hydrogen (secondary N) is 3. The molecule has 0 saturated heterocycles. The first-order chi connectivity index (χ1) is 19.5. The zero-order chi connectivity index (χ0) is 29.8. The maximum absolute atomic E-state index is 13.7. The number of aromatic amines is 1. The van der Waals surface area contributed by atoms with E-state index in [0.29, 0.717) is 11.3 Å². The summed E-state index contributed by atoms with van der Waals surface area (Å²) in [6.07, 6.45) is 0.588. The normalized spacial score (nSPS) is 14.8. The fourth-order valence-electron chi connectivity index (χ4n) is 3.97. The molecule has 3 aromatic rings. The zero-order valence-corrected chi connectivity index (χ0v) is 23.8. The van der Waals surface area contributed by atoms with E-state index in [4.69, 9.17) is 15.0 Å². The van der Waals surface area contributed by atoms with Gasteiger partial charge in [0.15, 0.2) is 0 Å². The van der Waals surface area contributed by atoms with E-state index in [1.165, 1.54) is 12.5 Å². The third-order valence-corrected chi connectivity index (χ3v) is 7.71. The van der Waals surface area contributed by atoms with Crippen molar-refractivity contribution in [3.63, 3.8) is 0 Å². The molecule has 12 nitrogen and oxygen atoms in total. The molecule has 0 aliphatic heterocycles. The zero-order valence-electron chi connectivity index (χ0n) is 22.9. The molecule has 1 heterocycles. The Morgan fingerprint density at radius 3 is 2.20 bits per heavy atom. The van der Waals surface area contributed by atoms with Crippen LogP contribution in [0.3, 0.4) is 0 Å². The number of hydrogen-bond donors (Lipinski definition) is 5. The minimum absolute atomic E-state index is 0.0394. The average Bonchev–Trinajstić information content (AvgIpc) is 3.45. The van der Waals surface area contributed by atoms with Crippen molar-refractivity contribution < 1.29 is 33.1 Å². The number of imidazole rings is 1. The molecule has 0 aliphatic rings. The first-order valence-electron chi connectivity index (χ1n) is 13.1. The summed E-state index contributed by atoms with van der Waals surface area (Å²) in [4.78, 5) is 55.8. The molecule has 0 aliphatic carbocycles. The molecule has 0 bridgehead atoms. The summed E-state index contributed by atoms with van der Waals surface area (Å²) in [6, 6.07) is 16.6. The number of nitrogens with two attached hydrogens (primary N) is 1. The molecule has 6 N–H and O–H groups in total. The van der Waals surface area contributed by atoms with Crippen molar-refractivity contribution >= 4 is 25.5 Å². The molecule has 3 amide bonds. The van der Waals surface area contributed by atoms with Crippen LogP contribution in [0.15, 0.2) is 73.2 Å². The van der Waals surface area contributed by atoms with Crippen molar-refractivity contribution in [1.82, 2.24) is 20.6 Å². The van der Waals surface area contributed by atoms with Crippen LogP contribution < -0.4 is 16.4 Å². The molecule has 0 saturated carbocycles. The number of aromatic nitrogens is 2. The number of carbonyl (C=O) groups excluding carboxylic acids is 3. The predicted molar refractivity (Wildman–Crippen MR) is 151 cm³/mol. The molecule has 1 aromatic heterocycles. The number of primary amides is 1. The molecular formula is C28H36N5O7P. The van der Waals surface area contributed by atoms with E-state index in [9.17, 15) is 23.8 Å². The third-order valence-electron chi connectivity index (χ3n) is 6.06. The fourth-order valence-corrected chi connectivity index (χ4v) is 5.38. The van der Waals surface area contributed by atoms with Gasteiger partial charge in [0, 0.05) is 24.7 Å². The van der Waals surface area contributed by atoms with Crippen LogP contribution in [0.5, 0.6) is 0 Å². The third kappa shape index (κ3) is 10.5. The molecule has 41 heavy (non-hydrogen) atoms. The van der Waals surface area contributed by atoms with E-state index < -0.39 is 43.4 Å². The van der Waals surface area contributed by atoms with Gasteiger partial charge in [0.2, 0.25) is 11.8 Å². The van der Waals surface area contributed by atoms with Crippen LogP contribution in [0.4, 0.5) is 4.79 Å². The van der Waals surface area contributed by atoms with Gasteiger partial charge < -0.3 is 31.0 Å². The monoisotopic (exact) mass is 585 g/mol. The van der Waals surface area contributed by atoms with Crippen LogP contribution in [0, 0.1) is 5.92 Å². The van der Waals surface area contributed by atoms with Gasteiger partial charge in [-0.25, -0.2) is 9.78 Å². The molecule has 2 aromatic carbocycles. The molecule has 4 atom stereocenters. The summed E-state index contributed by atoms with van der Waals surface area (Å²) >= 11 is 0. The van der Waals surface area contributed by atoms with Crippen molar-refractivity contribution in [3.05, 3.63) is 90.0 Å². The number of alkyl carbamates (subject to hydrolysis) is 1. The molecule has 0 spiro atoms. The van der Waals surface area contributed by atoms with Crippen molar-refractivity contribution in [2.24, 2.45) is 11.7 Å². The maximum Gasteiger partial charge on any atom is 0.408 e. The molecule has 220 valence electrons. The van der Waals surface area contributed by atoms with E-state index in [-0.39, 0.29) is 31.8 Å². The lowest BCUT2D eigenvalue weighted by Crippen LogP contribution is -2.50. The largest absolute Gasteiger partial charge is 0.445 e. The Bertz CT molecular complexity index is 1310. The van der Waals surface area contributed by atoms with E-state index in [2.05, 4.69) is 20.6 Å². The Labute approximate surface area is 238 Å². The van der Waals surface area contributed by atoms with Crippen molar-refractivity contribution in [3.8, 4) is 0 Å². The summed E-state index contributed by atoms with van der Waals surface area (Å²) in [5, 5.41) is 4.97.